The summed E-state index contributed by atoms with van der Waals surface area (Å²) in [5.41, 5.74) is 0. The van der Waals surface area contributed by atoms with Gasteiger partial charge in [-0.3, -0.25) is 0 Å². The van der Waals surface area contributed by atoms with Gasteiger partial charge in [-0.25, -0.2) is 4.39 Å². The van der Waals surface area contributed by atoms with Crippen molar-refractivity contribution in [2.24, 2.45) is 0 Å². The molecule has 0 unspecified atom stereocenters. The molecule has 11 heavy (non-hydrogen) atoms. The van der Waals surface area contributed by atoms with Gasteiger partial charge in [0, 0.05) is 0 Å². The van der Waals surface area contributed by atoms with E-state index in [2.05, 4.69) is 0 Å². The summed E-state index contributed by atoms with van der Waals surface area (Å²) in [5.74, 6) is -0.181. The van der Waals surface area contributed by atoms with Crippen LogP contribution in [0.5, 0.6) is 0 Å². The van der Waals surface area contributed by atoms with Gasteiger partial charge in [0.2, 0.25) is 0 Å². The first kappa shape index (κ1) is 8.75. The Bertz CT molecular complexity index is 255. The van der Waals surface area contributed by atoms with Gasteiger partial charge in [0.25, 0.3) is 0 Å². The molecule has 0 amide bonds. The molecule has 0 heterocycles. The van der Waals surface area contributed by atoms with Crippen LogP contribution in [-0.2, 0) is 0 Å². The number of rotatable bonds is 1. The first-order valence-corrected chi connectivity index (χ1v) is 7.47. The maximum Gasteiger partial charge on any atom is 0.184 e. The zero-order valence-corrected chi connectivity index (χ0v) is 8.32. The van der Waals surface area contributed by atoms with Crippen molar-refractivity contribution < 1.29 is 4.39 Å². The van der Waals surface area contributed by atoms with E-state index in [1.807, 2.05) is 19.2 Å². The maximum atomic E-state index is 13.0. The lowest BCUT2D eigenvalue weighted by molar-refractivity contribution is 0.635. The highest BCUT2D eigenvalue weighted by Crippen LogP contribution is 2.09. The van der Waals surface area contributed by atoms with Crippen LogP contribution < -0.4 is 5.19 Å². The molecule has 1 aromatic rings. The molecule has 0 saturated carbocycles. The van der Waals surface area contributed by atoms with Crippen LogP contribution in [0, 0.1) is 5.82 Å². The van der Waals surface area contributed by atoms with Crippen molar-refractivity contribution in [3.05, 3.63) is 30.1 Å². The van der Waals surface area contributed by atoms with E-state index in [1.54, 1.807) is 12.1 Å². The minimum Gasteiger partial charge on any atom is -0.207 e. The molecule has 0 bridgehead atoms. The van der Waals surface area contributed by atoms with E-state index in [-0.39, 0.29) is 5.82 Å². The minimum atomic E-state index is -1.98. The first-order valence-electron chi connectivity index (χ1n) is 3.46. The van der Waals surface area contributed by atoms with Crippen molar-refractivity contribution >= 4 is 23.6 Å². The Kier molecular flexibility index (Phi) is 2.35. The van der Waals surface area contributed by atoms with E-state index in [9.17, 15) is 4.39 Å². The topological polar surface area (TPSA) is 0 Å². The second-order valence-electron chi connectivity index (χ2n) is 2.95. The predicted molar refractivity (Wildman–Crippen MR) is 49.4 cm³/mol. The Morgan fingerprint density at radius 1 is 1.27 bits per heavy atom. The van der Waals surface area contributed by atoms with Crippen LogP contribution in [0.15, 0.2) is 24.3 Å². The van der Waals surface area contributed by atoms with E-state index in [0.29, 0.717) is 5.19 Å². The lowest BCUT2D eigenvalue weighted by atomic mass is 10.3. The average molecular weight is 189 g/mol. The van der Waals surface area contributed by atoms with Crippen molar-refractivity contribution in [3.8, 4) is 0 Å². The number of hydrogen-bond acceptors (Lipinski definition) is 0. The van der Waals surface area contributed by atoms with Gasteiger partial charge in [0.1, 0.15) is 5.82 Å². The molecule has 0 atom stereocenters. The maximum absolute atomic E-state index is 13.0. The summed E-state index contributed by atoms with van der Waals surface area (Å²) in [5, 5.41) is 0.682. The highest BCUT2D eigenvalue weighted by atomic mass is 35.6. The summed E-state index contributed by atoms with van der Waals surface area (Å²) in [4.78, 5) is 0. The molecular formula is C8H10ClFSi. The Morgan fingerprint density at radius 3 is 2.18 bits per heavy atom. The first-order chi connectivity index (χ1) is 5.02. The van der Waals surface area contributed by atoms with Crippen molar-refractivity contribution in [2.45, 2.75) is 13.1 Å². The molecule has 60 valence electrons. The molecule has 0 nitrogen and oxygen atoms in total. The number of benzene rings is 1. The molecule has 0 radical (unpaired) electrons. The van der Waals surface area contributed by atoms with Crippen molar-refractivity contribution in [2.75, 3.05) is 0 Å². The fourth-order valence-electron chi connectivity index (χ4n) is 0.943. The third kappa shape index (κ3) is 2.04. The summed E-state index contributed by atoms with van der Waals surface area (Å²) in [6.07, 6.45) is 0. The quantitative estimate of drug-likeness (QED) is 0.469. The van der Waals surface area contributed by atoms with Crippen LogP contribution in [0.3, 0.4) is 0 Å². The fraction of sp³-hybridized carbons (Fsp3) is 0.250. The minimum absolute atomic E-state index is 0.181. The SMILES string of the molecule is C[Si](C)(Cl)c1ccccc1F. The molecular weight excluding hydrogens is 179 g/mol. The molecule has 3 heteroatoms. The zero-order chi connectivity index (χ0) is 8.48. The Balaban J connectivity index is 3.14. The van der Waals surface area contributed by atoms with E-state index in [0.717, 1.165) is 0 Å². The van der Waals surface area contributed by atoms with Crippen LogP contribution >= 0.6 is 11.1 Å². The summed E-state index contributed by atoms with van der Waals surface area (Å²) in [6, 6.07) is 6.70. The highest BCUT2D eigenvalue weighted by Gasteiger charge is 2.22. The molecule has 0 saturated heterocycles. The smallest absolute Gasteiger partial charge is 0.184 e. The Labute approximate surface area is 71.7 Å². The summed E-state index contributed by atoms with van der Waals surface area (Å²) >= 11 is 6.06. The molecule has 0 aromatic heterocycles. The van der Waals surface area contributed by atoms with Crippen LogP contribution in [0.2, 0.25) is 13.1 Å². The fourth-order valence-corrected chi connectivity index (χ4v) is 2.55. The highest BCUT2D eigenvalue weighted by molar-refractivity contribution is 7.26. The molecule has 0 aliphatic heterocycles. The molecule has 0 spiro atoms. The predicted octanol–water partition coefficient (Wildman–Crippen LogP) is 2.48. The van der Waals surface area contributed by atoms with Crippen molar-refractivity contribution in [1.29, 1.82) is 0 Å². The van der Waals surface area contributed by atoms with E-state index >= 15 is 0 Å². The van der Waals surface area contributed by atoms with Crippen molar-refractivity contribution in [1.82, 2.24) is 0 Å². The van der Waals surface area contributed by atoms with Crippen LogP contribution in [0.4, 0.5) is 4.39 Å². The standard InChI is InChI=1S/C8H10ClFSi/c1-11(2,9)8-6-4-3-5-7(8)10/h3-6H,1-2H3. The normalized spacial score (nSPS) is 11.6. The largest absolute Gasteiger partial charge is 0.207 e. The molecule has 1 aromatic carbocycles. The second kappa shape index (κ2) is 2.95. The molecule has 0 N–H and O–H groups in total. The van der Waals surface area contributed by atoms with Crippen LogP contribution in [0.25, 0.3) is 0 Å². The van der Waals surface area contributed by atoms with Crippen molar-refractivity contribution in [3.63, 3.8) is 0 Å². The van der Waals surface area contributed by atoms with E-state index in [1.165, 1.54) is 6.07 Å². The van der Waals surface area contributed by atoms with Crippen LogP contribution in [-0.4, -0.2) is 7.38 Å². The molecule has 0 fully saturated rings. The summed E-state index contributed by atoms with van der Waals surface area (Å²) in [7, 11) is -1.98. The van der Waals surface area contributed by atoms with Gasteiger partial charge < -0.3 is 0 Å². The Hall–Kier alpha value is -0.343. The Morgan fingerprint density at radius 2 is 1.82 bits per heavy atom. The summed E-state index contributed by atoms with van der Waals surface area (Å²) in [6.45, 7) is 3.82. The average Bonchev–Trinajstić information content (AvgIpc) is 1.86. The summed E-state index contributed by atoms with van der Waals surface area (Å²) < 4.78 is 13.0. The lowest BCUT2D eigenvalue weighted by Crippen LogP contribution is -2.37. The lowest BCUT2D eigenvalue weighted by Gasteiger charge is -2.13. The van der Waals surface area contributed by atoms with Gasteiger partial charge in [-0.05, 0) is 11.3 Å². The zero-order valence-electron chi connectivity index (χ0n) is 6.57. The van der Waals surface area contributed by atoms with Gasteiger partial charge in [0.15, 0.2) is 7.38 Å². The third-order valence-corrected chi connectivity index (χ3v) is 3.81. The monoisotopic (exact) mass is 188 g/mol. The molecule has 0 aliphatic carbocycles. The van der Waals surface area contributed by atoms with Gasteiger partial charge in [-0.1, -0.05) is 31.3 Å². The van der Waals surface area contributed by atoms with E-state index < -0.39 is 7.38 Å². The second-order valence-corrected chi connectivity index (χ2v) is 9.27. The third-order valence-electron chi connectivity index (χ3n) is 1.51. The van der Waals surface area contributed by atoms with E-state index in [4.69, 9.17) is 11.1 Å². The van der Waals surface area contributed by atoms with Gasteiger partial charge in [-0.15, -0.1) is 0 Å². The molecule has 0 aliphatic rings. The number of hydrogen-bond donors (Lipinski definition) is 0. The van der Waals surface area contributed by atoms with Gasteiger partial charge >= 0.3 is 0 Å². The van der Waals surface area contributed by atoms with Gasteiger partial charge in [-0.2, -0.15) is 11.1 Å². The molecule has 1 rings (SSSR count). The number of halogens is 2. The van der Waals surface area contributed by atoms with Crippen LogP contribution in [0.1, 0.15) is 0 Å². The van der Waals surface area contributed by atoms with Gasteiger partial charge in [0.05, 0.1) is 0 Å².